The molecule has 0 radical (unpaired) electrons. The lowest BCUT2D eigenvalue weighted by molar-refractivity contribution is -0.118. The average molecular weight is 328 g/mol. The van der Waals surface area contributed by atoms with Crippen molar-refractivity contribution in [1.82, 2.24) is 4.90 Å². The Balaban J connectivity index is 1.69. The Kier molecular flexibility index (Phi) is 4.83. The molecule has 1 aromatic heterocycles. The molecule has 122 valence electrons. The Hall–Kier alpha value is -1.65. The molecule has 2 aromatic rings. The van der Waals surface area contributed by atoms with E-state index in [1.807, 2.05) is 23.5 Å². The molecule has 0 fully saturated rings. The predicted octanol–water partition coefficient (Wildman–Crippen LogP) is 4.31. The Labute approximate surface area is 142 Å². The van der Waals surface area contributed by atoms with Gasteiger partial charge in [-0.2, -0.15) is 0 Å². The molecule has 23 heavy (non-hydrogen) atoms. The number of carbonyl (C=O) groups excluding carboxylic acids is 1. The normalized spacial score (nSPS) is 17.8. The van der Waals surface area contributed by atoms with Gasteiger partial charge in [0.2, 0.25) is 5.91 Å². The lowest BCUT2D eigenvalue weighted by Gasteiger charge is -2.34. The molecule has 1 N–H and O–H groups in total. The largest absolute Gasteiger partial charge is 0.325 e. The Bertz CT molecular complexity index is 707. The maximum Gasteiger partial charge on any atom is 0.238 e. The molecule has 1 aliphatic rings. The van der Waals surface area contributed by atoms with Crippen molar-refractivity contribution in [3.63, 3.8) is 0 Å². The maximum atomic E-state index is 12.5. The Morgan fingerprint density at radius 2 is 2.17 bits per heavy atom. The van der Waals surface area contributed by atoms with Crippen molar-refractivity contribution in [2.75, 3.05) is 18.4 Å². The van der Waals surface area contributed by atoms with E-state index in [4.69, 9.17) is 0 Å². The number of benzene rings is 1. The highest BCUT2D eigenvalue weighted by Crippen LogP contribution is 2.34. The van der Waals surface area contributed by atoms with Crippen molar-refractivity contribution in [2.24, 2.45) is 0 Å². The fourth-order valence-electron chi connectivity index (χ4n) is 3.38. The van der Waals surface area contributed by atoms with Crippen LogP contribution in [0.25, 0.3) is 0 Å². The minimum absolute atomic E-state index is 0.0795. The van der Waals surface area contributed by atoms with Crippen LogP contribution in [0.2, 0.25) is 0 Å². The van der Waals surface area contributed by atoms with Crippen LogP contribution in [0.5, 0.6) is 0 Å². The van der Waals surface area contributed by atoms with E-state index < -0.39 is 0 Å². The van der Waals surface area contributed by atoms with Crippen LogP contribution in [0, 0.1) is 13.8 Å². The summed E-state index contributed by atoms with van der Waals surface area (Å²) in [7, 11) is 0. The van der Waals surface area contributed by atoms with Crippen LogP contribution in [-0.2, 0) is 11.2 Å². The summed E-state index contributed by atoms with van der Waals surface area (Å²) in [5.74, 6) is 0.0795. The molecule has 1 aliphatic heterocycles. The highest BCUT2D eigenvalue weighted by molar-refractivity contribution is 7.10. The topological polar surface area (TPSA) is 32.3 Å². The minimum atomic E-state index is 0.0795. The second-order valence-electron chi connectivity index (χ2n) is 6.24. The van der Waals surface area contributed by atoms with Crippen LogP contribution < -0.4 is 5.32 Å². The standard InChI is InChI=1S/C19H24N2OS/c1-4-17-15-9-11-23-18(15)8-10-21(17)12-19(22)20-16-7-5-6-13(2)14(16)3/h5-7,9,11,17H,4,8,10,12H2,1-3H3,(H,20,22). The van der Waals surface area contributed by atoms with E-state index in [-0.39, 0.29) is 5.91 Å². The number of hydrogen-bond acceptors (Lipinski definition) is 3. The van der Waals surface area contributed by atoms with E-state index in [0.29, 0.717) is 12.6 Å². The summed E-state index contributed by atoms with van der Waals surface area (Å²) >= 11 is 1.84. The quantitative estimate of drug-likeness (QED) is 0.907. The summed E-state index contributed by atoms with van der Waals surface area (Å²) < 4.78 is 0. The third-order valence-corrected chi connectivity index (χ3v) is 5.81. The molecule has 4 heteroatoms. The molecular formula is C19H24N2OS. The van der Waals surface area contributed by atoms with E-state index >= 15 is 0 Å². The van der Waals surface area contributed by atoms with Gasteiger partial charge in [0.25, 0.3) is 0 Å². The predicted molar refractivity (Wildman–Crippen MR) is 97.2 cm³/mol. The fourth-order valence-corrected chi connectivity index (χ4v) is 4.30. The molecule has 3 nitrogen and oxygen atoms in total. The van der Waals surface area contributed by atoms with Gasteiger partial charge < -0.3 is 5.32 Å². The van der Waals surface area contributed by atoms with E-state index in [9.17, 15) is 4.79 Å². The first-order valence-corrected chi connectivity index (χ1v) is 9.14. The molecule has 0 bridgehead atoms. The molecule has 0 spiro atoms. The van der Waals surface area contributed by atoms with Crippen molar-refractivity contribution in [3.8, 4) is 0 Å². The van der Waals surface area contributed by atoms with Crippen LogP contribution in [0.15, 0.2) is 29.6 Å². The van der Waals surface area contributed by atoms with Crippen molar-refractivity contribution in [3.05, 3.63) is 51.2 Å². The summed E-state index contributed by atoms with van der Waals surface area (Å²) in [5.41, 5.74) is 4.70. The highest BCUT2D eigenvalue weighted by atomic mass is 32.1. The molecule has 1 atom stereocenters. The van der Waals surface area contributed by atoms with Crippen LogP contribution in [0.3, 0.4) is 0 Å². The van der Waals surface area contributed by atoms with Crippen LogP contribution >= 0.6 is 11.3 Å². The number of hydrogen-bond donors (Lipinski definition) is 1. The second kappa shape index (κ2) is 6.85. The number of anilines is 1. The van der Waals surface area contributed by atoms with Crippen LogP contribution in [0.1, 0.15) is 41.0 Å². The van der Waals surface area contributed by atoms with Gasteiger partial charge in [-0.25, -0.2) is 0 Å². The van der Waals surface area contributed by atoms with Gasteiger partial charge in [-0.05, 0) is 60.9 Å². The average Bonchev–Trinajstić information content (AvgIpc) is 3.00. The van der Waals surface area contributed by atoms with Crippen LogP contribution in [-0.4, -0.2) is 23.9 Å². The van der Waals surface area contributed by atoms with Gasteiger partial charge in [0.1, 0.15) is 0 Å². The van der Waals surface area contributed by atoms with Gasteiger partial charge in [-0.1, -0.05) is 19.1 Å². The first-order chi connectivity index (χ1) is 11.1. The van der Waals surface area contributed by atoms with E-state index in [1.165, 1.54) is 16.0 Å². The number of fused-ring (bicyclic) bond motifs is 1. The molecule has 0 saturated heterocycles. The van der Waals surface area contributed by atoms with Gasteiger partial charge in [-0.15, -0.1) is 11.3 Å². The molecule has 0 saturated carbocycles. The zero-order valence-corrected chi connectivity index (χ0v) is 14.9. The number of nitrogens with one attached hydrogen (secondary N) is 1. The summed E-state index contributed by atoms with van der Waals surface area (Å²) in [6, 6.07) is 8.63. The van der Waals surface area contributed by atoms with Gasteiger partial charge in [0, 0.05) is 23.2 Å². The Morgan fingerprint density at radius 3 is 2.96 bits per heavy atom. The van der Waals surface area contributed by atoms with Gasteiger partial charge in [0.15, 0.2) is 0 Å². The second-order valence-corrected chi connectivity index (χ2v) is 7.24. The first-order valence-electron chi connectivity index (χ1n) is 8.26. The summed E-state index contributed by atoms with van der Waals surface area (Å²) in [6.07, 6.45) is 2.10. The SMILES string of the molecule is CCC1c2ccsc2CCN1CC(=O)Nc1cccc(C)c1C. The first kappa shape index (κ1) is 16.2. The molecule has 2 heterocycles. The van der Waals surface area contributed by atoms with Crippen molar-refractivity contribution in [2.45, 2.75) is 39.7 Å². The zero-order valence-electron chi connectivity index (χ0n) is 14.1. The molecular weight excluding hydrogens is 304 g/mol. The third-order valence-electron chi connectivity index (χ3n) is 4.82. The van der Waals surface area contributed by atoms with Gasteiger partial charge in [-0.3, -0.25) is 9.69 Å². The number of thiophene rings is 1. The highest BCUT2D eigenvalue weighted by Gasteiger charge is 2.28. The lowest BCUT2D eigenvalue weighted by Crippen LogP contribution is -2.40. The number of carbonyl (C=O) groups is 1. The molecule has 3 rings (SSSR count). The smallest absolute Gasteiger partial charge is 0.238 e. The van der Waals surface area contributed by atoms with Crippen LogP contribution in [0.4, 0.5) is 5.69 Å². The van der Waals surface area contributed by atoms with E-state index in [1.54, 1.807) is 0 Å². The van der Waals surface area contributed by atoms with Crippen molar-refractivity contribution >= 4 is 22.9 Å². The fraction of sp³-hybridized carbons (Fsp3) is 0.421. The third kappa shape index (κ3) is 3.33. The minimum Gasteiger partial charge on any atom is -0.325 e. The van der Waals surface area contributed by atoms with Crippen molar-refractivity contribution in [1.29, 1.82) is 0 Å². The lowest BCUT2D eigenvalue weighted by atomic mass is 9.98. The summed E-state index contributed by atoms with van der Waals surface area (Å²) in [6.45, 7) is 7.75. The summed E-state index contributed by atoms with van der Waals surface area (Å²) in [5, 5.41) is 5.26. The van der Waals surface area contributed by atoms with Crippen molar-refractivity contribution < 1.29 is 4.79 Å². The molecule has 0 aliphatic carbocycles. The molecule has 1 unspecified atom stereocenters. The summed E-state index contributed by atoms with van der Waals surface area (Å²) in [4.78, 5) is 16.3. The van der Waals surface area contributed by atoms with E-state index in [2.05, 4.69) is 48.5 Å². The zero-order chi connectivity index (χ0) is 16.4. The number of amides is 1. The number of rotatable bonds is 4. The van der Waals surface area contributed by atoms with Gasteiger partial charge in [0.05, 0.1) is 6.54 Å². The number of nitrogens with zero attached hydrogens (tertiary/aromatic N) is 1. The molecule has 1 amide bonds. The van der Waals surface area contributed by atoms with Gasteiger partial charge >= 0.3 is 0 Å². The number of aryl methyl sites for hydroxylation is 1. The van der Waals surface area contributed by atoms with E-state index in [0.717, 1.165) is 30.6 Å². The monoisotopic (exact) mass is 328 g/mol. The maximum absolute atomic E-state index is 12.5. The molecule has 1 aromatic carbocycles. The Morgan fingerprint density at radius 1 is 1.35 bits per heavy atom.